The molecule has 1 aliphatic rings. The van der Waals surface area contributed by atoms with Gasteiger partial charge in [-0.3, -0.25) is 4.90 Å². The van der Waals surface area contributed by atoms with Crippen molar-refractivity contribution in [2.24, 2.45) is 0 Å². The first-order valence-electron chi connectivity index (χ1n) is 7.62. The van der Waals surface area contributed by atoms with Gasteiger partial charge in [-0.25, -0.2) is 0 Å². The molecule has 4 heteroatoms. The fraction of sp³-hybridized carbons (Fsp3) is 0.750. The zero-order chi connectivity index (χ0) is 14.8. The summed E-state index contributed by atoms with van der Waals surface area (Å²) in [6, 6.07) is 4.35. The summed E-state index contributed by atoms with van der Waals surface area (Å²) in [6.45, 7) is 14.4. The molecule has 1 saturated heterocycles. The first-order valence-corrected chi connectivity index (χ1v) is 7.62. The van der Waals surface area contributed by atoms with Gasteiger partial charge in [0.1, 0.15) is 11.5 Å². The van der Waals surface area contributed by atoms with E-state index in [0.717, 1.165) is 44.2 Å². The van der Waals surface area contributed by atoms with Crippen LogP contribution in [0.4, 0.5) is 0 Å². The Labute approximate surface area is 123 Å². The second kappa shape index (κ2) is 6.29. The van der Waals surface area contributed by atoms with Crippen LogP contribution >= 0.6 is 0 Å². The lowest BCUT2D eigenvalue weighted by Crippen LogP contribution is -2.57. The van der Waals surface area contributed by atoms with E-state index in [0.29, 0.717) is 0 Å². The third kappa shape index (κ3) is 3.84. The smallest absolute Gasteiger partial charge is 0.120 e. The van der Waals surface area contributed by atoms with Crippen LogP contribution in [0.1, 0.15) is 38.3 Å². The Morgan fingerprint density at radius 2 is 1.90 bits per heavy atom. The highest BCUT2D eigenvalue weighted by Crippen LogP contribution is 2.19. The molecule has 4 nitrogen and oxygen atoms in total. The number of nitrogens with zero attached hydrogens (tertiary/aromatic N) is 2. The molecule has 20 heavy (non-hydrogen) atoms. The van der Waals surface area contributed by atoms with E-state index in [-0.39, 0.29) is 11.6 Å². The van der Waals surface area contributed by atoms with Crippen LogP contribution in [0, 0.1) is 6.92 Å². The molecule has 0 amide bonds. The van der Waals surface area contributed by atoms with Crippen molar-refractivity contribution in [3.8, 4) is 0 Å². The monoisotopic (exact) mass is 279 g/mol. The molecule has 1 fully saturated rings. The molecule has 0 aromatic carbocycles. The van der Waals surface area contributed by atoms with Crippen LogP contribution in [0.15, 0.2) is 16.5 Å². The van der Waals surface area contributed by atoms with Crippen LogP contribution in [0.5, 0.6) is 0 Å². The molecule has 1 aromatic heterocycles. The number of nitrogens with one attached hydrogen (secondary N) is 1. The summed E-state index contributed by atoms with van der Waals surface area (Å²) in [5.41, 5.74) is 0.178. The number of piperazine rings is 1. The minimum absolute atomic E-state index is 0.178. The Hall–Kier alpha value is -0.840. The van der Waals surface area contributed by atoms with Crippen molar-refractivity contribution >= 4 is 0 Å². The molecule has 114 valence electrons. The average molecular weight is 279 g/mol. The molecule has 2 heterocycles. The largest absolute Gasteiger partial charge is 0.465 e. The van der Waals surface area contributed by atoms with Gasteiger partial charge in [0, 0.05) is 38.3 Å². The lowest BCUT2D eigenvalue weighted by molar-refractivity contribution is 0.0600. The summed E-state index contributed by atoms with van der Waals surface area (Å²) in [4.78, 5) is 4.98. The number of likely N-dealkylation sites (N-methyl/N-ethyl adjacent to an activating group) is 1. The molecule has 0 aliphatic carbocycles. The second-order valence-corrected chi connectivity index (χ2v) is 6.65. The zero-order valence-corrected chi connectivity index (χ0v) is 13.6. The number of furan rings is 1. The molecule has 1 atom stereocenters. The lowest BCUT2D eigenvalue weighted by Gasteiger charge is -2.43. The van der Waals surface area contributed by atoms with Gasteiger partial charge in [-0.05, 0) is 46.9 Å². The van der Waals surface area contributed by atoms with Crippen LogP contribution in [0.25, 0.3) is 0 Å². The zero-order valence-electron chi connectivity index (χ0n) is 13.6. The Morgan fingerprint density at radius 3 is 2.45 bits per heavy atom. The van der Waals surface area contributed by atoms with Gasteiger partial charge in [0.25, 0.3) is 0 Å². The van der Waals surface area contributed by atoms with Crippen LogP contribution in [-0.2, 0) is 0 Å². The molecule has 0 spiro atoms. The predicted molar refractivity (Wildman–Crippen MR) is 83.0 cm³/mol. The SMILES string of the molecule is Cc1ccc(C(C)NCC(C)(C)N2CCN(C)CC2)o1. The van der Waals surface area contributed by atoms with Crippen LogP contribution in [-0.4, -0.2) is 55.1 Å². The first kappa shape index (κ1) is 15.5. The third-order valence-corrected chi connectivity index (χ3v) is 4.39. The molecular formula is C16H29N3O. The average Bonchev–Trinajstić information content (AvgIpc) is 2.83. The molecule has 1 aliphatic heterocycles. The summed E-state index contributed by atoms with van der Waals surface area (Å²) in [7, 11) is 2.20. The van der Waals surface area contributed by atoms with E-state index >= 15 is 0 Å². The highest BCUT2D eigenvalue weighted by molar-refractivity contribution is 5.09. The van der Waals surface area contributed by atoms with E-state index in [1.807, 2.05) is 13.0 Å². The van der Waals surface area contributed by atoms with Crippen molar-refractivity contribution in [3.05, 3.63) is 23.7 Å². The Morgan fingerprint density at radius 1 is 1.25 bits per heavy atom. The number of hydrogen-bond donors (Lipinski definition) is 1. The van der Waals surface area contributed by atoms with E-state index in [1.165, 1.54) is 0 Å². The Balaban J connectivity index is 1.85. The van der Waals surface area contributed by atoms with Crippen LogP contribution in [0.2, 0.25) is 0 Å². The molecule has 2 rings (SSSR count). The van der Waals surface area contributed by atoms with Gasteiger partial charge in [0.2, 0.25) is 0 Å². The van der Waals surface area contributed by atoms with Crippen molar-refractivity contribution in [2.75, 3.05) is 39.8 Å². The van der Waals surface area contributed by atoms with Crippen LogP contribution in [0.3, 0.4) is 0 Å². The maximum atomic E-state index is 5.69. The van der Waals surface area contributed by atoms with E-state index in [1.54, 1.807) is 0 Å². The molecule has 1 N–H and O–H groups in total. The number of rotatable bonds is 5. The second-order valence-electron chi connectivity index (χ2n) is 6.65. The summed E-state index contributed by atoms with van der Waals surface area (Å²) in [6.07, 6.45) is 0. The quantitative estimate of drug-likeness (QED) is 0.896. The van der Waals surface area contributed by atoms with E-state index < -0.39 is 0 Å². The Bertz CT molecular complexity index is 419. The summed E-state index contributed by atoms with van der Waals surface area (Å²) >= 11 is 0. The minimum Gasteiger partial charge on any atom is -0.465 e. The molecule has 1 aromatic rings. The standard InChI is InChI=1S/C16H29N3O/c1-13-6-7-15(20-13)14(2)17-12-16(3,4)19-10-8-18(5)9-11-19/h6-7,14,17H,8-12H2,1-5H3. The number of hydrogen-bond acceptors (Lipinski definition) is 4. The molecule has 0 radical (unpaired) electrons. The molecule has 1 unspecified atom stereocenters. The van der Waals surface area contributed by atoms with Gasteiger partial charge >= 0.3 is 0 Å². The molecule has 0 bridgehead atoms. The van der Waals surface area contributed by atoms with E-state index in [2.05, 4.69) is 49.0 Å². The van der Waals surface area contributed by atoms with Gasteiger partial charge in [-0.1, -0.05) is 0 Å². The lowest BCUT2D eigenvalue weighted by atomic mass is 10.0. The van der Waals surface area contributed by atoms with Crippen molar-refractivity contribution < 1.29 is 4.42 Å². The van der Waals surface area contributed by atoms with E-state index in [9.17, 15) is 0 Å². The topological polar surface area (TPSA) is 31.6 Å². The maximum absolute atomic E-state index is 5.69. The van der Waals surface area contributed by atoms with E-state index in [4.69, 9.17) is 4.42 Å². The van der Waals surface area contributed by atoms with Crippen molar-refractivity contribution in [3.63, 3.8) is 0 Å². The first-order chi connectivity index (χ1) is 9.38. The molecular weight excluding hydrogens is 250 g/mol. The fourth-order valence-corrected chi connectivity index (χ4v) is 2.71. The predicted octanol–water partition coefficient (Wildman–Crippen LogP) is 2.26. The number of aryl methyl sites for hydroxylation is 1. The highest BCUT2D eigenvalue weighted by Gasteiger charge is 2.29. The van der Waals surface area contributed by atoms with Gasteiger partial charge in [0.05, 0.1) is 6.04 Å². The van der Waals surface area contributed by atoms with Crippen LogP contribution < -0.4 is 5.32 Å². The summed E-state index contributed by atoms with van der Waals surface area (Å²) < 4.78 is 5.69. The Kier molecular flexibility index (Phi) is 4.89. The van der Waals surface area contributed by atoms with Crippen molar-refractivity contribution in [2.45, 2.75) is 39.3 Å². The summed E-state index contributed by atoms with van der Waals surface area (Å²) in [5, 5.41) is 3.61. The van der Waals surface area contributed by atoms with Crippen molar-refractivity contribution in [1.82, 2.24) is 15.1 Å². The molecule has 0 saturated carbocycles. The highest BCUT2D eigenvalue weighted by atomic mass is 16.3. The van der Waals surface area contributed by atoms with Gasteiger partial charge in [-0.15, -0.1) is 0 Å². The normalized spacial score (nSPS) is 20.2. The third-order valence-electron chi connectivity index (χ3n) is 4.39. The van der Waals surface area contributed by atoms with Gasteiger partial charge in [0.15, 0.2) is 0 Å². The van der Waals surface area contributed by atoms with Gasteiger partial charge < -0.3 is 14.6 Å². The summed E-state index contributed by atoms with van der Waals surface area (Å²) in [5.74, 6) is 2.00. The maximum Gasteiger partial charge on any atom is 0.120 e. The van der Waals surface area contributed by atoms with Crippen molar-refractivity contribution in [1.29, 1.82) is 0 Å². The minimum atomic E-state index is 0.178. The fourth-order valence-electron chi connectivity index (χ4n) is 2.71. The van der Waals surface area contributed by atoms with Gasteiger partial charge in [-0.2, -0.15) is 0 Å².